The lowest BCUT2D eigenvalue weighted by Crippen LogP contribution is -1.91. The maximum Gasteiger partial charge on any atom is 0.144 e. The monoisotopic (exact) mass is 216 g/mol. The number of phenolic OH excluding ortho intramolecular Hbond substituents is 1. The molecule has 3 N–H and O–H groups in total. The van der Waals surface area contributed by atoms with E-state index in [2.05, 4.69) is 4.98 Å². The number of nitrogens with two attached hydrogens (primary N) is 1. The number of aromatic hydroxyl groups is 1. The van der Waals surface area contributed by atoms with Gasteiger partial charge in [0.15, 0.2) is 0 Å². The summed E-state index contributed by atoms with van der Waals surface area (Å²) in [4.78, 5) is 3.98. The number of benzene rings is 1. The smallest absolute Gasteiger partial charge is 0.144 e. The van der Waals surface area contributed by atoms with Crippen LogP contribution in [0, 0.1) is 0 Å². The van der Waals surface area contributed by atoms with Crippen LogP contribution < -0.4 is 10.5 Å². The Labute approximate surface area is 93.3 Å². The molecule has 4 nitrogen and oxygen atoms in total. The molecule has 0 aliphatic heterocycles. The Morgan fingerprint density at radius 2 is 2.12 bits per heavy atom. The van der Waals surface area contributed by atoms with Crippen LogP contribution in [0.15, 0.2) is 36.7 Å². The Kier molecular flexibility index (Phi) is 2.64. The highest BCUT2D eigenvalue weighted by Crippen LogP contribution is 2.32. The maximum atomic E-state index is 9.35. The van der Waals surface area contributed by atoms with Crippen molar-refractivity contribution in [3.05, 3.63) is 36.7 Å². The molecule has 0 spiro atoms. The molecule has 2 aromatic rings. The van der Waals surface area contributed by atoms with E-state index >= 15 is 0 Å². The maximum absolute atomic E-state index is 9.35. The van der Waals surface area contributed by atoms with Crippen molar-refractivity contribution < 1.29 is 9.84 Å². The van der Waals surface area contributed by atoms with Gasteiger partial charge in [0, 0.05) is 11.8 Å². The second-order valence-electron chi connectivity index (χ2n) is 3.35. The fraction of sp³-hybridized carbons (Fsp3) is 0.0833. The van der Waals surface area contributed by atoms with Crippen molar-refractivity contribution in [3.8, 4) is 22.6 Å². The molecule has 0 saturated carbocycles. The van der Waals surface area contributed by atoms with Crippen LogP contribution in [0.1, 0.15) is 0 Å². The average molecular weight is 216 g/mol. The summed E-state index contributed by atoms with van der Waals surface area (Å²) in [5.41, 5.74) is 7.76. The van der Waals surface area contributed by atoms with E-state index in [-0.39, 0.29) is 5.75 Å². The highest BCUT2D eigenvalue weighted by molar-refractivity contribution is 5.74. The molecule has 0 aliphatic rings. The molecule has 82 valence electrons. The highest BCUT2D eigenvalue weighted by Gasteiger charge is 2.06. The van der Waals surface area contributed by atoms with E-state index in [1.165, 1.54) is 0 Å². The Morgan fingerprint density at radius 3 is 2.81 bits per heavy atom. The molecule has 1 heterocycles. The van der Waals surface area contributed by atoms with Gasteiger partial charge in [-0.25, -0.2) is 0 Å². The number of hydrogen-bond donors (Lipinski definition) is 2. The molecule has 0 atom stereocenters. The zero-order chi connectivity index (χ0) is 11.5. The first-order valence-electron chi connectivity index (χ1n) is 4.79. The number of rotatable bonds is 2. The summed E-state index contributed by atoms with van der Waals surface area (Å²) in [5, 5.41) is 9.35. The van der Waals surface area contributed by atoms with Gasteiger partial charge in [-0.1, -0.05) is 6.07 Å². The molecule has 2 rings (SSSR count). The molecule has 1 aromatic carbocycles. The fourth-order valence-corrected chi connectivity index (χ4v) is 1.50. The number of nitrogens with zero attached hydrogens (tertiary/aromatic N) is 1. The van der Waals surface area contributed by atoms with Crippen molar-refractivity contribution in [2.45, 2.75) is 0 Å². The van der Waals surface area contributed by atoms with Crippen LogP contribution in [-0.2, 0) is 0 Å². The van der Waals surface area contributed by atoms with Crippen LogP contribution in [0.25, 0.3) is 11.1 Å². The van der Waals surface area contributed by atoms with Crippen molar-refractivity contribution in [3.63, 3.8) is 0 Å². The fourth-order valence-electron chi connectivity index (χ4n) is 1.50. The third-order valence-corrected chi connectivity index (χ3v) is 2.34. The molecule has 0 unspecified atom stereocenters. The summed E-state index contributed by atoms with van der Waals surface area (Å²) in [7, 11) is 1.59. The Morgan fingerprint density at radius 1 is 1.31 bits per heavy atom. The van der Waals surface area contributed by atoms with Gasteiger partial charge in [0.1, 0.15) is 11.5 Å². The molecule has 0 amide bonds. The average Bonchev–Trinajstić information content (AvgIpc) is 2.32. The first-order valence-corrected chi connectivity index (χ1v) is 4.79. The standard InChI is InChI=1S/C12H12N2O2/c1-16-12-7-14-5-4-9(12)8-2-3-11(15)10(13)6-8/h2-7,15H,13H2,1H3. The van der Waals surface area contributed by atoms with Crippen molar-refractivity contribution in [2.75, 3.05) is 12.8 Å². The van der Waals surface area contributed by atoms with Gasteiger partial charge in [-0.3, -0.25) is 4.98 Å². The molecule has 16 heavy (non-hydrogen) atoms. The summed E-state index contributed by atoms with van der Waals surface area (Å²) in [6, 6.07) is 6.88. The molecule has 4 heteroatoms. The van der Waals surface area contributed by atoms with Crippen LogP contribution >= 0.6 is 0 Å². The zero-order valence-corrected chi connectivity index (χ0v) is 8.84. The number of aromatic nitrogens is 1. The van der Waals surface area contributed by atoms with Crippen molar-refractivity contribution in [2.24, 2.45) is 0 Å². The first-order chi connectivity index (χ1) is 7.72. The Balaban J connectivity index is 2.54. The third kappa shape index (κ3) is 1.77. The van der Waals surface area contributed by atoms with Gasteiger partial charge < -0.3 is 15.6 Å². The van der Waals surface area contributed by atoms with Crippen LogP contribution in [-0.4, -0.2) is 17.2 Å². The number of anilines is 1. The van der Waals surface area contributed by atoms with Crippen molar-refractivity contribution in [1.82, 2.24) is 4.98 Å². The molecule has 0 fully saturated rings. The summed E-state index contributed by atoms with van der Waals surface area (Å²) in [6.07, 6.45) is 3.32. The number of pyridine rings is 1. The minimum Gasteiger partial charge on any atom is -0.506 e. The number of hydrogen-bond acceptors (Lipinski definition) is 4. The normalized spacial score (nSPS) is 10.1. The number of methoxy groups -OCH3 is 1. The largest absolute Gasteiger partial charge is 0.506 e. The summed E-state index contributed by atoms with van der Waals surface area (Å²) >= 11 is 0. The quantitative estimate of drug-likeness (QED) is 0.595. The van der Waals surface area contributed by atoms with E-state index in [1.807, 2.05) is 6.07 Å². The SMILES string of the molecule is COc1cnccc1-c1ccc(O)c(N)c1. The van der Waals surface area contributed by atoms with Gasteiger partial charge in [0.25, 0.3) is 0 Å². The molecular weight excluding hydrogens is 204 g/mol. The van der Waals surface area contributed by atoms with E-state index in [0.29, 0.717) is 11.4 Å². The van der Waals surface area contributed by atoms with E-state index in [9.17, 15) is 5.11 Å². The topological polar surface area (TPSA) is 68.4 Å². The molecule has 0 aliphatic carbocycles. The molecule has 0 saturated heterocycles. The van der Waals surface area contributed by atoms with Crippen LogP contribution in [0.3, 0.4) is 0 Å². The zero-order valence-electron chi connectivity index (χ0n) is 8.84. The van der Waals surface area contributed by atoms with Gasteiger partial charge >= 0.3 is 0 Å². The van der Waals surface area contributed by atoms with E-state index in [0.717, 1.165) is 11.1 Å². The Bertz CT molecular complexity index is 512. The van der Waals surface area contributed by atoms with Crippen molar-refractivity contribution in [1.29, 1.82) is 0 Å². The van der Waals surface area contributed by atoms with Gasteiger partial charge in [0.05, 0.1) is 19.0 Å². The van der Waals surface area contributed by atoms with Crippen LogP contribution in [0.5, 0.6) is 11.5 Å². The minimum atomic E-state index is 0.0803. The van der Waals surface area contributed by atoms with E-state index < -0.39 is 0 Å². The van der Waals surface area contributed by atoms with Gasteiger partial charge in [-0.2, -0.15) is 0 Å². The Hall–Kier alpha value is -2.23. The summed E-state index contributed by atoms with van der Waals surface area (Å²) < 4.78 is 5.20. The minimum absolute atomic E-state index is 0.0803. The van der Waals surface area contributed by atoms with Gasteiger partial charge in [0.2, 0.25) is 0 Å². The van der Waals surface area contributed by atoms with Crippen molar-refractivity contribution >= 4 is 5.69 Å². The second kappa shape index (κ2) is 4.10. The predicted octanol–water partition coefficient (Wildman–Crippen LogP) is 2.04. The number of nitrogen functional groups attached to an aromatic ring is 1. The molecule has 0 bridgehead atoms. The number of ether oxygens (including phenoxy) is 1. The highest BCUT2D eigenvalue weighted by atomic mass is 16.5. The number of phenols is 1. The van der Waals surface area contributed by atoms with E-state index in [1.54, 1.807) is 37.7 Å². The van der Waals surface area contributed by atoms with E-state index in [4.69, 9.17) is 10.5 Å². The summed E-state index contributed by atoms with van der Waals surface area (Å²) in [5.74, 6) is 0.754. The lowest BCUT2D eigenvalue weighted by Gasteiger charge is -2.08. The van der Waals surface area contributed by atoms with Crippen LogP contribution in [0.2, 0.25) is 0 Å². The second-order valence-corrected chi connectivity index (χ2v) is 3.35. The predicted molar refractivity (Wildman–Crippen MR) is 62.3 cm³/mol. The summed E-state index contributed by atoms with van der Waals surface area (Å²) in [6.45, 7) is 0. The molecule has 1 aromatic heterocycles. The molecule has 0 radical (unpaired) electrons. The third-order valence-electron chi connectivity index (χ3n) is 2.34. The van der Waals surface area contributed by atoms with Crippen LogP contribution in [0.4, 0.5) is 5.69 Å². The lowest BCUT2D eigenvalue weighted by molar-refractivity contribution is 0.414. The van der Waals surface area contributed by atoms with Gasteiger partial charge in [-0.05, 0) is 23.8 Å². The van der Waals surface area contributed by atoms with Gasteiger partial charge in [-0.15, -0.1) is 0 Å². The first kappa shape index (κ1) is 10.3. The molecular formula is C12H12N2O2. The lowest BCUT2D eigenvalue weighted by atomic mass is 10.1.